The normalized spacial score (nSPS) is 12.0. The van der Waals surface area contributed by atoms with Crippen LogP contribution in [0.15, 0.2) is 77.7 Å². The Kier molecular flexibility index (Phi) is 9.59. The van der Waals surface area contributed by atoms with Crippen molar-refractivity contribution in [3.8, 4) is 0 Å². The van der Waals surface area contributed by atoms with E-state index in [-0.39, 0.29) is 17.3 Å². The van der Waals surface area contributed by atoms with E-state index in [4.69, 9.17) is 23.2 Å². The number of benzene rings is 3. The summed E-state index contributed by atoms with van der Waals surface area (Å²) in [4.78, 5) is 27.9. The molecule has 1 N–H and O–H groups in total. The van der Waals surface area contributed by atoms with Gasteiger partial charge in [0.25, 0.3) is 10.0 Å². The second kappa shape index (κ2) is 12.4. The van der Waals surface area contributed by atoms with E-state index in [1.807, 2.05) is 13.0 Å². The number of anilines is 1. The van der Waals surface area contributed by atoms with Crippen LogP contribution in [0.25, 0.3) is 0 Å². The lowest BCUT2D eigenvalue weighted by Gasteiger charge is -2.32. The van der Waals surface area contributed by atoms with Gasteiger partial charge in [-0.2, -0.15) is 0 Å². The summed E-state index contributed by atoms with van der Waals surface area (Å²) in [6.07, 6.45) is 0. The Bertz CT molecular complexity index is 1370. The largest absolute Gasteiger partial charge is 0.355 e. The van der Waals surface area contributed by atoms with Crippen molar-refractivity contribution < 1.29 is 18.0 Å². The van der Waals surface area contributed by atoms with Gasteiger partial charge in [-0.25, -0.2) is 8.42 Å². The highest BCUT2D eigenvalue weighted by Gasteiger charge is 2.32. The van der Waals surface area contributed by atoms with Crippen LogP contribution in [-0.4, -0.2) is 44.3 Å². The maximum Gasteiger partial charge on any atom is 0.264 e. The quantitative estimate of drug-likeness (QED) is 0.375. The van der Waals surface area contributed by atoms with Gasteiger partial charge in [0.1, 0.15) is 12.6 Å². The molecule has 3 rings (SSSR count). The fourth-order valence-corrected chi connectivity index (χ4v) is 5.52. The monoisotopic (exact) mass is 561 g/mol. The van der Waals surface area contributed by atoms with Crippen LogP contribution in [0.5, 0.6) is 0 Å². The first-order valence-corrected chi connectivity index (χ1v) is 13.9. The van der Waals surface area contributed by atoms with Gasteiger partial charge < -0.3 is 10.2 Å². The molecule has 0 aliphatic heterocycles. The SMILES string of the molecule is CCNC(=O)[C@H](C)N(Cc1ccc(Cl)c(Cl)c1)C(=O)CN(c1cccc(C)c1)S(=O)(=O)c1ccccc1. The summed E-state index contributed by atoms with van der Waals surface area (Å²) in [6.45, 7) is 5.12. The minimum absolute atomic E-state index is 0.0288. The van der Waals surface area contributed by atoms with Crippen LogP contribution in [0.1, 0.15) is 25.0 Å². The topological polar surface area (TPSA) is 86.8 Å². The van der Waals surface area contributed by atoms with Gasteiger partial charge in [-0.15, -0.1) is 0 Å². The van der Waals surface area contributed by atoms with E-state index >= 15 is 0 Å². The summed E-state index contributed by atoms with van der Waals surface area (Å²) in [5, 5.41) is 3.39. The molecule has 0 unspecified atom stereocenters. The molecule has 1 atom stereocenters. The smallest absolute Gasteiger partial charge is 0.264 e. The molecule has 0 aromatic heterocycles. The molecule has 196 valence electrons. The highest BCUT2D eigenvalue weighted by molar-refractivity contribution is 7.92. The zero-order valence-corrected chi connectivity index (χ0v) is 23.1. The van der Waals surface area contributed by atoms with Crippen molar-refractivity contribution in [3.63, 3.8) is 0 Å². The van der Waals surface area contributed by atoms with Crippen molar-refractivity contribution in [2.45, 2.75) is 38.3 Å². The third-order valence-electron chi connectivity index (χ3n) is 5.75. The van der Waals surface area contributed by atoms with Gasteiger partial charge in [0.05, 0.1) is 20.6 Å². The third-order valence-corrected chi connectivity index (χ3v) is 8.28. The summed E-state index contributed by atoms with van der Waals surface area (Å²) >= 11 is 12.2. The van der Waals surface area contributed by atoms with E-state index in [2.05, 4.69) is 5.32 Å². The molecular weight excluding hydrogens is 533 g/mol. The van der Waals surface area contributed by atoms with Gasteiger partial charge in [-0.05, 0) is 68.3 Å². The number of hydrogen-bond acceptors (Lipinski definition) is 4. The highest BCUT2D eigenvalue weighted by atomic mass is 35.5. The van der Waals surface area contributed by atoms with E-state index in [1.54, 1.807) is 68.4 Å². The van der Waals surface area contributed by atoms with Crippen LogP contribution < -0.4 is 9.62 Å². The molecule has 0 aliphatic carbocycles. The van der Waals surface area contributed by atoms with Crippen molar-refractivity contribution >= 4 is 50.7 Å². The Morgan fingerprint density at radius 2 is 1.65 bits per heavy atom. The summed E-state index contributed by atoms with van der Waals surface area (Å²) in [7, 11) is -4.09. The van der Waals surface area contributed by atoms with Gasteiger partial charge in [0.15, 0.2) is 0 Å². The zero-order valence-electron chi connectivity index (χ0n) is 20.8. The molecule has 37 heavy (non-hydrogen) atoms. The average Bonchev–Trinajstić information content (AvgIpc) is 2.87. The zero-order chi connectivity index (χ0) is 27.2. The van der Waals surface area contributed by atoms with E-state index in [9.17, 15) is 18.0 Å². The van der Waals surface area contributed by atoms with Crippen molar-refractivity contribution in [1.29, 1.82) is 0 Å². The number of likely N-dealkylation sites (N-methyl/N-ethyl adjacent to an activating group) is 1. The fourth-order valence-electron chi connectivity index (χ4n) is 3.77. The molecule has 0 radical (unpaired) electrons. The standard InChI is InChI=1S/C27H29Cl2N3O4S/c1-4-30-27(34)20(3)31(17-21-13-14-24(28)25(29)16-21)26(33)18-32(22-10-8-9-19(2)15-22)37(35,36)23-11-6-5-7-12-23/h5-16,20H,4,17-18H2,1-3H3,(H,30,34)/t20-/m0/s1. The van der Waals surface area contributed by atoms with Gasteiger partial charge >= 0.3 is 0 Å². The number of halogens is 2. The van der Waals surface area contributed by atoms with Crippen LogP contribution in [0, 0.1) is 6.92 Å². The summed E-state index contributed by atoms with van der Waals surface area (Å²) in [5.41, 5.74) is 1.82. The minimum Gasteiger partial charge on any atom is -0.355 e. The fraction of sp³-hybridized carbons (Fsp3) is 0.259. The predicted molar refractivity (Wildman–Crippen MR) is 147 cm³/mol. The first-order valence-electron chi connectivity index (χ1n) is 11.7. The van der Waals surface area contributed by atoms with E-state index in [0.717, 1.165) is 9.87 Å². The first kappa shape index (κ1) is 28.5. The number of carbonyl (C=O) groups is 2. The lowest BCUT2D eigenvalue weighted by Crippen LogP contribution is -2.51. The molecular formula is C27H29Cl2N3O4S. The third kappa shape index (κ3) is 7.03. The van der Waals surface area contributed by atoms with Crippen LogP contribution in [0.3, 0.4) is 0 Å². The van der Waals surface area contributed by atoms with Gasteiger partial charge in [-0.3, -0.25) is 13.9 Å². The molecule has 0 saturated heterocycles. The minimum atomic E-state index is -4.09. The van der Waals surface area contributed by atoms with Crippen LogP contribution >= 0.6 is 23.2 Å². The maximum atomic E-state index is 13.8. The lowest BCUT2D eigenvalue weighted by molar-refractivity contribution is -0.139. The van der Waals surface area contributed by atoms with Crippen LogP contribution in [0.4, 0.5) is 5.69 Å². The predicted octanol–water partition coefficient (Wildman–Crippen LogP) is 5.05. The van der Waals surface area contributed by atoms with Crippen LogP contribution in [0.2, 0.25) is 10.0 Å². The van der Waals surface area contributed by atoms with Crippen molar-refractivity contribution in [2.75, 3.05) is 17.4 Å². The molecule has 0 heterocycles. The number of nitrogens with zero attached hydrogens (tertiary/aromatic N) is 2. The molecule has 10 heteroatoms. The molecule has 0 fully saturated rings. The molecule has 7 nitrogen and oxygen atoms in total. The Labute approximate surface area is 228 Å². The molecule has 3 aromatic rings. The number of aryl methyl sites for hydroxylation is 1. The van der Waals surface area contributed by atoms with E-state index < -0.39 is 28.5 Å². The van der Waals surface area contributed by atoms with Crippen molar-refractivity contribution in [3.05, 3.63) is 94.0 Å². The number of carbonyl (C=O) groups excluding carboxylic acids is 2. The molecule has 0 spiro atoms. The highest BCUT2D eigenvalue weighted by Crippen LogP contribution is 2.26. The number of sulfonamides is 1. The first-order chi connectivity index (χ1) is 17.5. The second-order valence-electron chi connectivity index (χ2n) is 8.50. The van der Waals surface area contributed by atoms with E-state index in [0.29, 0.717) is 27.8 Å². The second-order valence-corrected chi connectivity index (χ2v) is 11.2. The molecule has 0 saturated carbocycles. The molecule has 3 aromatic carbocycles. The van der Waals surface area contributed by atoms with Gasteiger partial charge in [0.2, 0.25) is 11.8 Å². The summed E-state index contributed by atoms with van der Waals surface area (Å²) < 4.78 is 28.5. The molecule has 0 bridgehead atoms. The van der Waals surface area contributed by atoms with Crippen molar-refractivity contribution in [2.24, 2.45) is 0 Å². The van der Waals surface area contributed by atoms with Crippen LogP contribution in [-0.2, 0) is 26.2 Å². The number of amides is 2. The van der Waals surface area contributed by atoms with Gasteiger partial charge in [-0.1, -0.05) is 59.6 Å². The Morgan fingerprint density at radius 1 is 0.946 bits per heavy atom. The number of nitrogens with one attached hydrogen (secondary N) is 1. The molecule has 2 amide bonds. The van der Waals surface area contributed by atoms with E-state index in [1.165, 1.54) is 17.0 Å². The average molecular weight is 563 g/mol. The number of rotatable bonds is 10. The summed E-state index contributed by atoms with van der Waals surface area (Å²) in [6, 6.07) is 18.9. The van der Waals surface area contributed by atoms with Gasteiger partial charge in [0, 0.05) is 13.1 Å². The number of hydrogen-bond donors (Lipinski definition) is 1. The summed E-state index contributed by atoms with van der Waals surface area (Å²) in [5.74, 6) is -0.908. The lowest BCUT2D eigenvalue weighted by atomic mass is 10.1. The van der Waals surface area contributed by atoms with Crippen molar-refractivity contribution in [1.82, 2.24) is 10.2 Å². The Morgan fingerprint density at radius 3 is 2.27 bits per heavy atom. The molecule has 0 aliphatic rings. The Balaban J connectivity index is 2.03. The Hall–Kier alpha value is -3.07. The maximum absolute atomic E-state index is 13.8.